The summed E-state index contributed by atoms with van der Waals surface area (Å²) in [5.74, 6) is -0.341. The minimum atomic E-state index is -4.74. The zero-order chi connectivity index (χ0) is 18.3. The summed E-state index contributed by atoms with van der Waals surface area (Å²) in [5.41, 5.74) is 0.264. The van der Waals surface area contributed by atoms with E-state index in [1.54, 1.807) is 7.11 Å². The van der Waals surface area contributed by atoms with Gasteiger partial charge in [-0.1, -0.05) is 0 Å². The summed E-state index contributed by atoms with van der Waals surface area (Å²) in [6.45, 7) is 2.75. The van der Waals surface area contributed by atoms with Crippen LogP contribution in [-0.2, 0) is 4.74 Å². The Bertz CT molecular complexity index is 552. The fourth-order valence-corrected chi connectivity index (χ4v) is 2.82. The molecule has 25 heavy (non-hydrogen) atoms. The number of benzene rings is 1. The number of anilines is 1. The molecule has 0 aromatic heterocycles. The van der Waals surface area contributed by atoms with E-state index >= 15 is 0 Å². The van der Waals surface area contributed by atoms with Gasteiger partial charge in [0.05, 0.1) is 6.61 Å². The van der Waals surface area contributed by atoms with Crippen LogP contribution >= 0.6 is 0 Å². The Morgan fingerprint density at radius 2 is 1.88 bits per heavy atom. The molecule has 0 bridgehead atoms. The summed E-state index contributed by atoms with van der Waals surface area (Å²) >= 11 is 0. The van der Waals surface area contributed by atoms with E-state index < -0.39 is 12.4 Å². The largest absolute Gasteiger partial charge is 0.573 e. The molecule has 140 valence electrons. The van der Waals surface area contributed by atoms with Crippen LogP contribution in [0.3, 0.4) is 0 Å². The lowest BCUT2D eigenvalue weighted by Gasteiger charge is -2.37. The third kappa shape index (κ3) is 6.43. The van der Waals surface area contributed by atoms with Crippen LogP contribution in [0.25, 0.3) is 0 Å². The fourth-order valence-electron chi connectivity index (χ4n) is 2.82. The molecule has 0 radical (unpaired) electrons. The molecule has 1 saturated heterocycles. The second-order valence-corrected chi connectivity index (χ2v) is 6.06. The molecule has 0 atom stereocenters. The van der Waals surface area contributed by atoms with Crippen LogP contribution in [0, 0.1) is 5.41 Å². The number of carbonyl (C=O) groups is 1. The number of nitrogens with one attached hydrogen (secondary N) is 3. The molecule has 3 N–H and O–H groups in total. The van der Waals surface area contributed by atoms with Gasteiger partial charge in [-0.15, -0.1) is 13.2 Å². The minimum absolute atomic E-state index is 0.109. The molecule has 9 heteroatoms. The highest BCUT2D eigenvalue weighted by molar-refractivity contribution is 5.89. The number of methoxy groups -OCH3 is 1. The second-order valence-electron chi connectivity index (χ2n) is 6.06. The summed E-state index contributed by atoms with van der Waals surface area (Å²) in [6.07, 6.45) is -2.95. The van der Waals surface area contributed by atoms with Crippen molar-refractivity contribution in [3.8, 4) is 5.75 Å². The van der Waals surface area contributed by atoms with Crippen molar-refractivity contribution in [3.63, 3.8) is 0 Å². The lowest BCUT2D eigenvalue weighted by Crippen LogP contribution is -2.47. The molecule has 1 heterocycles. The average Bonchev–Trinajstić information content (AvgIpc) is 2.55. The van der Waals surface area contributed by atoms with Gasteiger partial charge in [0.2, 0.25) is 0 Å². The predicted octanol–water partition coefficient (Wildman–Crippen LogP) is 2.72. The molecule has 2 rings (SSSR count). The van der Waals surface area contributed by atoms with Gasteiger partial charge in [-0.2, -0.15) is 0 Å². The average molecular weight is 361 g/mol. The predicted molar refractivity (Wildman–Crippen MR) is 86.6 cm³/mol. The molecule has 0 unspecified atom stereocenters. The number of amides is 2. The smallest absolute Gasteiger partial charge is 0.406 e. The molecule has 1 aliphatic heterocycles. The first-order valence-electron chi connectivity index (χ1n) is 7.92. The molecule has 1 aromatic rings. The van der Waals surface area contributed by atoms with E-state index in [9.17, 15) is 18.0 Å². The van der Waals surface area contributed by atoms with Crippen LogP contribution in [0.4, 0.5) is 23.7 Å². The quantitative estimate of drug-likeness (QED) is 0.729. The highest BCUT2D eigenvalue weighted by atomic mass is 19.4. The van der Waals surface area contributed by atoms with E-state index in [1.165, 1.54) is 12.1 Å². The number of rotatable bonds is 6. The standard InChI is InChI=1S/C16H22F3N3O3/c1-24-11-15(6-8-20-9-7-15)10-21-14(23)22-12-2-4-13(5-3-12)25-16(17,18)19/h2-5,20H,6-11H2,1H3,(H2,21,22,23). The van der Waals surface area contributed by atoms with Crippen LogP contribution in [0.15, 0.2) is 24.3 Å². The zero-order valence-corrected chi connectivity index (χ0v) is 13.9. The Morgan fingerprint density at radius 3 is 2.44 bits per heavy atom. The molecular formula is C16H22F3N3O3. The van der Waals surface area contributed by atoms with E-state index in [4.69, 9.17) is 4.74 Å². The summed E-state index contributed by atoms with van der Waals surface area (Å²) in [4.78, 5) is 12.0. The first-order valence-corrected chi connectivity index (χ1v) is 7.92. The van der Waals surface area contributed by atoms with Gasteiger partial charge in [-0.3, -0.25) is 0 Å². The molecule has 2 amide bonds. The Morgan fingerprint density at radius 1 is 1.24 bits per heavy atom. The number of ether oxygens (including phenoxy) is 2. The molecule has 0 spiro atoms. The fraction of sp³-hybridized carbons (Fsp3) is 0.562. The Labute approximate surface area is 144 Å². The molecule has 6 nitrogen and oxygen atoms in total. The molecule has 1 aromatic carbocycles. The van der Waals surface area contributed by atoms with Gasteiger partial charge in [-0.25, -0.2) is 4.79 Å². The molecule has 1 aliphatic rings. The second kappa shape index (κ2) is 8.39. The number of alkyl halides is 3. The van der Waals surface area contributed by atoms with Gasteiger partial charge in [0.1, 0.15) is 5.75 Å². The van der Waals surface area contributed by atoms with E-state index in [1.807, 2.05) is 0 Å². The number of urea groups is 1. The lowest BCUT2D eigenvalue weighted by molar-refractivity contribution is -0.274. The van der Waals surface area contributed by atoms with Crippen molar-refractivity contribution in [1.29, 1.82) is 0 Å². The topological polar surface area (TPSA) is 71.6 Å². The summed E-state index contributed by atoms with van der Waals surface area (Å²) in [6, 6.07) is 4.55. The molecular weight excluding hydrogens is 339 g/mol. The first kappa shape index (κ1) is 19.3. The minimum Gasteiger partial charge on any atom is -0.406 e. The van der Waals surface area contributed by atoms with Gasteiger partial charge in [0.25, 0.3) is 0 Å². The van der Waals surface area contributed by atoms with Gasteiger partial charge in [0.15, 0.2) is 0 Å². The maximum atomic E-state index is 12.1. The third-order valence-electron chi connectivity index (χ3n) is 4.08. The van der Waals surface area contributed by atoms with Crippen LogP contribution in [0.1, 0.15) is 12.8 Å². The molecule has 1 fully saturated rings. The van der Waals surface area contributed by atoms with Crippen molar-refractivity contribution in [3.05, 3.63) is 24.3 Å². The summed E-state index contributed by atoms with van der Waals surface area (Å²) in [5, 5.41) is 8.67. The van der Waals surface area contributed by atoms with Gasteiger partial charge in [-0.05, 0) is 50.2 Å². The number of carbonyl (C=O) groups excluding carboxylic acids is 1. The van der Waals surface area contributed by atoms with E-state index in [2.05, 4.69) is 20.7 Å². The number of piperidine rings is 1. The van der Waals surface area contributed by atoms with Gasteiger partial charge >= 0.3 is 12.4 Å². The highest BCUT2D eigenvalue weighted by Gasteiger charge is 2.32. The maximum Gasteiger partial charge on any atom is 0.573 e. The van der Waals surface area contributed by atoms with Crippen molar-refractivity contribution >= 4 is 11.7 Å². The lowest BCUT2D eigenvalue weighted by atomic mass is 9.79. The number of halogens is 3. The normalized spacial score (nSPS) is 17.0. The van der Waals surface area contributed by atoms with Crippen LogP contribution in [0.5, 0.6) is 5.75 Å². The Kier molecular flexibility index (Phi) is 6.49. The SMILES string of the molecule is COCC1(CNC(=O)Nc2ccc(OC(F)(F)F)cc2)CCNCC1. The van der Waals surface area contributed by atoms with Crippen LogP contribution in [-0.4, -0.2) is 45.7 Å². The molecule has 0 aliphatic carbocycles. The van der Waals surface area contributed by atoms with Gasteiger partial charge in [0, 0.05) is 24.8 Å². The maximum absolute atomic E-state index is 12.1. The van der Waals surface area contributed by atoms with Crippen LogP contribution in [0.2, 0.25) is 0 Å². The van der Waals surface area contributed by atoms with Crippen molar-refractivity contribution in [2.24, 2.45) is 5.41 Å². The number of hydrogen-bond acceptors (Lipinski definition) is 4. The van der Waals surface area contributed by atoms with E-state index in [0.29, 0.717) is 18.8 Å². The molecule has 0 saturated carbocycles. The van der Waals surface area contributed by atoms with E-state index in [0.717, 1.165) is 38.1 Å². The van der Waals surface area contributed by atoms with Crippen molar-refractivity contribution in [2.75, 3.05) is 38.7 Å². The highest BCUT2D eigenvalue weighted by Crippen LogP contribution is 2.28. The summed E-state index contributed by atoms with van der Waals surface area (Å²) < 4.78 is 45.4. The van der Waals surface area contributed by atoms with Crippen LogP contribution < -0.4 is 20.7 Å². The summed E-state index contributed by atoms with van der Waals surface area (Å²) in [7, 11) is 1.63. The zero-order valence-electron chi connectivity index (χ0n) is 13.9. The third-order valence-corrected chi connectivity index (χ3v) is 4.08. The monoisotopic (exact) mass is 361 g/mol. The van der Waals surface area contributed by atoms with Crippen molar-refractivity contribution in [2.45, 2.75) is 19.2 Å². The van der Waals surface area contributed by atoms with Gasteiger partial charge < -0.3 is 25.4 Å². The number of hydrogen-bond donors (Lipinski definition) is 3. The Hall–Kier alpha value is -2.00. The first-order chi connectivity index (χ1) is 11.8. The van der Waals surface area contributed by atoms with E-state index in [-0.39, 0.29) is 11.2 Å². The van der Waals surface area contributed by atoms with Crippen molar-refractivity contribution < 1.29 is 27.4 Å². The van der Waals surface area contributed by atoms with Crippen molar-refractivity contribution in [1.82, 2.24) is 10.6 Å². The Balaban J connectivity index is 1.85.